The lowest BCUT2D eigenvalue weighted by molar-refractivity contribution is 0.0931. The Labute approximate surface area is 122 Å². The number of hydrogen-bond acceptors (Lipinski definition) is 3. The van der Waals surface area contributed by atoms with Crippen LogP contribution in [0.5, 0.6) is 0 Å². The number of hydrogen-bond donors (Lipinski definition) is 1. The number of oxazole rings is 1. The summed E-state index contributed by atoms with van der Waals surface area (Å²) in [5, 5.41) is 2.98. The minimum absolute atomic E-state index is 0.0990. The molecule has 1 aromatic carbocycles. The lowest BCUT2D eigenvalue weighted by Gasteiger charge is -2.13. The van der Waals surface area contributed by atoms with Gasteiger partial charge in [0.05, 0.1) is 0 Å². The third kappa shape index (κ3) is 2.96. The maximum Gasteiger partial charge on any atom is 0.273 e. The van der Waals surface area contributed by atoms with Crippen LogP contribution in [0.2, 0.25) is 0 Å². The molecule has 4 nitrogen and oxygen atoms in total. The summed E-state index contributed by atoms with van der Waals surface area (Å²) >= 11 is 0. The second-order valence-electron chi connectivity index (χ2n) is 5.49. The molecule has 1 aliphatic rings. The van der Waals surface area contributed by atoms with E-state index in [4.69, 9.17) is 4.42 Å². The van der Waals surface area contributed by atoms with E-state index >= 15 is 0 Å². The van der Waals surface area contributed by atoms with Crippen LogP contribution in [0, 0.1) is 12.7 Å². The SMILES string of the molecule is Cc1ocnc1C(=O)N[C@@H]1CC[C@H](c2cccc(F)c2)C1. The van der Waals surface area contributed by atoms with Gasteiger partial charge in [-0.3, -0.25) is 4.79 Å². The van der Waals surface area contributed by atoms with Gasteiger partial charge in [-0.25, -0.2) is 9.37 Å². The van der Waals surface area contributed by atoms with E-state index in [0.717, 1.165) is 24.8 Å². The molecule has 1 fully saturated rings. The van der Waals surface area contributed by atoms with Crippen molar-refractivity contribution in [3.05, 3.63) is 53.5 Å². The van der Waals surface area contributed by atoms with Crippen molar-refractivity contribution >= 4 is 5.91 Å². The van der Waals surface area contributed by atoms with Crippen molar-refractivity contribution in [2.24, 2.45) is 0 Å². The minimum atomic E-state index is -0.210. The molecule has 1 aromatic heterocycles. The predicted octanol–water partition coefficient (Wildman–Crippen LogP) is 3.19. The molecule has 3 rings (SSSR count). The summed E-state index contributed by atoms with van der Waals surface area (Å²) in [6, 6.07) is 6.80. The Balaban J connectivity index is 1.63. The van der Waals surface area contributed by atoms with Gasteiger partial charge in [0.1, 0.15) is 11.6 Å². The van der Waals surface area contributed by atoms with Gasteiger partial charge in [-0.2, -0.15) is 0 Å². The molecule has 2 atom stereocenters. The zero-order chi connectivity index (χ0) is 14.8. The summed E-state index contributed by atoms with van der Waals surface area (Å²) < 4.78 is 18.3. The van der Waals surface area contributed by atoms with Gasteiger partial charge in [0.2, 0.25) is 0 Å². The van der Waals surface area contributed by atoms with Gasteiger partial charge in [-0.1, -0.05) is 12.1 Å². The van der Waals surface area contributed by atoms with E-state index < -0.39 is 0 Å². The number of aromatic nitrogens is 1. The van der Waals surface area contributed by atoms with E-state index in [-0.39, 0.29) is 17.8 Å². The van der Waals surface area contributed by atoms with Gasteiger partial charge in [-0.15, -0.1) is 0 Å². The van der Waals surface area contributed by atoms with Crippen molar-refractivity contribution in [2.75, 3.05) is 0 Å². The molecule has 1 saturated carbocycles. The summed E-state index contributed by atoms with van der Waals surface area (Å²) in [7, 11) is 0. The van der Waals surface area contributed by atoms with Crippen LogP contribution in [0.4, 0.5) is 4.39 Å². The first-order chi connectivity index (χ1) is 10.1. The van der Waals surface area contributed by atoms with Crippen LogP contribution in [0.25, 0.3) is 0 Å². The second-order valence-corrected chi connectivity index (χ2v) is 5.49. The van der Waals surface area contributed by atoms with Crippen molar-refractivity contribution in [3.8, 4) is 0 Å². The van der Waals surface area contributed by atoms with Gasteiger partial charge in [0.25, 0.3) is 5.91 Å². The fourth-order valence-corrected chi connectivity index (χ4v) is 2.95. The topological polar surface area (TPSA) is 55.1 Å². The van der Waals surface area contributed by atoms with Crippen molar-refractivity contribution in [1.82, 2.24) is 10.3 Å². The second kappa shape index (κ2) is 5.68. The Morgan fingerprint density at radius 1 is 1.43 bits per heavy atom. The molecular weight excluding hydrogens is 271 g/mol. The molecule has 21 heavy (non-hydrogen) atoms. The maximum atomic E-state index is 13.3. The molecule has 0 radical (unpaired) electrons. The number of rotatable bonds is 3. The molecule has 0 aliphatic heterocycles. The van der Waals surface area contributed by atoms with Crippen LogP contribution in [0.3, 0.4) is 0 Å². The van der Waals surface area contributed by atoms with E-state index in [2.05, 4.69) is 10.3 Å². The summed E-state index contributed by atoms with van der Waals surface area (Å²) in [5.41, 5.74) is 1.34. The van der Waals surface area contributed by atoms with Crippen LogP contribution in [-0.2, 0) is 0 Å². The molecule has 0 spiro atoms. The third-order valence-electron chi connectivity index (χ3n) is 4.05. The summed E-state index contributed by atoms with van der Waals surface area (Å²) in [6.07, 6.45) is 3.94. The minimum Gasteiger partial charge on any atom is -0.448 e. The van der Waals surface area contributed by atoms with Crippen LogP contribution in [0.1, 0.15) is 47.0 Å². The number of nitrogens with zero attached hydrogens (tertiary/aromatic N) is 1. The Morgan fingerprint density at radius 3 is 3.00 bits per heavy atom. The summed E-state index contributed by atoms with van der Waals surface area (Å²) in [6.45, 7) is 1.71. The monoisotopic (exact) mass is 288 g/mol. The van der Waals surface area contributed by atoms with Crippen molar-refractivity contribution < 1.29 is 13.6 Å². The highest BCUT2D eigenvalue weighted by atomic mass is 19.1. The quantitative estimate of drug-likeness (QED) is 0.943. The zero-order valence-corrected chi connectivity index (χ0v) is 11.8. The first-order valence-electron chi connectivity index (χ1n) is 7.10. The smallest absolute Gasteiger partial charge is 0.273 e. The largest absolute Gasteiger partial charge is 0.448 e. The molecule has 1 N–H and O–H groups in total. The molecule has 1 amide bonds. The Morgan fingerprint density at radius 2 is 2.29 bits per heavy atom. The number of nitrogens with one attached hydrogen (secondary N) is 1. The number of aryl methyl sites for hydroxylation is 1. The average Bonchev–Trinajstić information content (AvgIpc) is 3.08. The highest BCUT2D eigenvalue weighted by Crippen LogP contribution is 2.34. The van der Waals surface area contributed by atoms with Gasteiger partial charge >= 0.3 is 0 Å². The lowest BCUT2D eigenvalue weighted by atomic mass is 9.97. The van der Waals surface area contributed by atoms with Crippen molar-refractivity contribution in [3.63, 3.8) is 0 Å². The molecule has 5 heteroatoms. The standard InChI is InChI=1S/C16H17FN2O2/c1-10-15(18-9-21-10)16(20)19-14-6-5-12(8-14)11-3-2-4-13(17)7-11/h2-4,7,9,12,14H,5-6,8H2,1H3,(H,19,20)/t12-,14+/m0/s1. The molecule has 0 saturated heterocycles. The fourth-order valence-electron chi connectivity index (χ4n) is 2.95. The van der Waals surface area contributed by atoms with Crippen LogP contribution in [-0.4, -0.2) is 16.9 Å². The highest BCUT2D eigenvalue weighted by Gasteiger charge is 2.28. The Kier molecular flexibility index (Phi) is 3.73. The Bertz CT molecular complexity index is 653. The van der Waals surface area contributed by atoms with Gasteiger partial charge < -0.3 is 9.73 Å². The Hall–Kier alpha value is -2.17. The van der Waals surface area contributed by atoms with Gasteiger partial charge in [0.15, 0.2) is 12.1 Å². The van der Waals surface area contributed by atoms with E-state index in [1.165, 1.54) is 12.5 Å². The first kappa shape index (κ1) is 13.8. The number of carbonyl (C=O) groups is 1. The molecule has 0 unspecified atom stereocenters. The van der Waals surface area contributed by atoms with Crippen LogP contribution in [0.15, 0.2) is 35.1 Å². The molecule has 1 heterocycles. The first-order valence-corrected chi connectivity index (χ1v) is 7.10. The predicted molar refractivity (Wildman–Crippen MR) is 75.5 cm³/mol. The molecule has 0 bridgehead atoms. The van der Waals surface area contributed by atoms with Crippen LogP contribution >= 0.6 is 0 Å². The highest BCUT2D eigenvalue weighted by molar-refractivity contribution is 5.93. The molecule has 110 valence electrons. The third-order valence-corrected chi connectivity index (χ3v) is 4.05. The number of halogens is 1. The van der Waals surface area contributed by atoms with E-state index in [9.17, 15) is 9.18 Å². The zero-order valence-electron chi connectivity index (χ0n) is 11.8. The van der Waals surface area contributed by atoms with E-state index in [0.29, 0.717) is 17.4 Å². The molecule has 2 aromatic rings. The summed E-state index contributed by atoms with van der Waals surface area (Å²) in [4.78, 5) is 16.0. The van der Waals surface area contributed by atoms with E-state index in [1.54, 1.807) is 19.1 Å². The van der Waals surface area contributed by atoms with Gasteiger partial charge in [-0.05, 0) is 49.8 Å². The number of amides is 1. The number of benzene rings is 1. The molecule has 1 aliphatic carbocycles. The van der Waals surface area contributed by atoms with Crippen molar-refractivity contribution in [2.45, 2.75) is 38.1 Å². The fraction of sp³-hybridized carbons (Fsp3) is 0.375. The summed E-state index contributed by atoms with van der Waals surface area (Å²) in [5.74, 6) is 0.404. The van der Waals surface area contributed by atoms with Crippen LogP contribution < -0.4 is 5.32 Å². The number of carbonyl (C=O) groups excluding carboxylic acids is 1. The lowest BCUT2D eigenvalue weighted by Crippen LogP contribution is -2.33. The van der Waals surface area contributed by atoms with Crippen molar-refractivity contribution in [1.29, 1.82) is 0 Å². The van der Waals surface area contributed by atoms with Gasteiger partial charge in [0, 0.05) is 6.04 Å². The molecular formula is C16H17FN2O2. The normalized spacial score (nSPS) is 21.4. The average molecular weight is 288 g/mol. The van der Waals surface area contributed by atoms with E-state index in [1.807, 2.05) is 6.07 Å². The maximum absolute atomic E-state index is 13.3.